The van der Waals surface area contributed by atoms with Crippen molar-refractivity contribution in [3.05, 3.63) is 34.4 Å². The molecule has 28 heavy (non-hydrogen) atoms. The maximum absolute atomic E-state index is 12.9. The maximum atomic E-state index is 12.9. The molecule has 8 nitrogen and oxygen atoms in total. The Morgan fingerprint density at radius 3 is 2.43 bits per heavy atom. The van der Waals surface area contributed by atoms with E-state index >= 15 is 0 Å². The molecule has 0 unspecified atom stereocenters. The van der Waals surface area contributed by atoms with Crippen molar-refractivity contribution >= 4 is 23.3 Å². The Morgan fingerprint density at radius 1 is 1.18 bits per heavy atom. The summed E-state index contributed by atoms with van der Waals surface area (Å²) in [6, 6.07) is 6.67. The second-order valence-electron chi connectivity index (χ2n) is 7.63. The van der Waals surface area contributed by atoms with Crippen LogP contribution in [-0.2, 0) is 14.3 Å². The first kappa shape index (κ1) is 20.1. The number of rotatable bonds is 5. The van der Waals surface area contributed by atoms with Crippen LogP contribution in [0.5, 0.6) is 0 Å². The number of benzene rings is 1. The van der Waals surface area contributed by atoms with Crippen LogP contribution < -0.4 is 10.2 Å². The summed E-state index contributed by atoms with van der Waals surface area (Å²) in [5.41, 5.74) is -0.235. The molecule has 2 fully saturated rings. The third-order valence-corrected chi connectivity index (χ3v) is 5.93. The van der Waals surface area contributed by atoms with Crippen LogP contribution in [0.4, 0.5) is 11.4 Å². The normalized spacial score (nSPS) is 19.7. The smallest absolute Gasteiger partial charge is 0.331 e. The highest BCUT2D eigenvalue weighted by molar-refractivity contribution is 5.89. The van der Waals surface area contributed by atoms with Gasteiger partial charge in [0.05, 0.1) is 12.0 Å². The van der Waals surface area contributed by atoms with E-state index in [-0.39, 0.29) is 28.4 Å². The molecule has 1 amide bonds. The fourth-order valence-electron chi connectivity index (χ4n) is 4.34. The highest BCUT2D eigenvalue weighted by Gasteiger charge is 2.43. The molecule has 1 saturated heterocycles. The summed E-state index contributed by atoms with van der Waals surface area (Å²) in [5, 5.41) is 14.3. The van der Waals surface area contributed by atoms with Gasteiger partial charge in [-0.25, -0.2) is 4.79 Å². The van der Waals surface area contributed by atoms with Crippen LogP contribution in [0, 0.1) is 16.0 Å². The summed E-state index contributed by atoms with van der Waals surface area (Å²) in [4.78, 5) is 38.0. The molecule has 1 heterocycles. The molecule has 8 heteroatoms. The van der Waals surface area contributed by atoms with Crippen molar-refractivity contribution in [3.63, 3.8) is 0 Å². The van der Waals surface area contributed by atoms with Gasteiger partial charge in [-0.15, -0.1) is 0 Å². The van der Waals surface area contributed by atoms with Crippen LogP contribution in [0.3, 0.4) is 0 Å². The van der Waals surface area contributed by atoms with Crippen LogP contribution in [0.1, 0.15) is 44.9 Å². The zero-order chi connectivity index (χ0) is 20.1. The van der Waals surface area contributed by atoms with Gasteiger partial charge in [-0.05, 0) is 31.7 Å². The average Bonchev–Trinajstić information content (AvgIpc) is 2.73. The SMILES string of the molecule is COC(=O)C1(NC(=O)C2CCN(c3ccccc3[N+](=O)[O-])CC2)CCCCC1. The van der Waals surface area contributed by atoms with Crippen molar-refractivity contribution in [1.29, 1.82) is 0 Å². The van der Waals surface area contributed by atoms with Gasteiger partial charge >= 0.3 is 5.97 Å². The van der Waals surface area contributed by atoms with E-state index < -0.39 is 5.54 Å². The topological polar surface area (TPSA) is 102 Å². The summed E-state index contributed by atoms with van der Waals surface area (Å²) in [6.45, 7) is 1.13. The molecular formula is C20H27N3O5. The highest BCUT2D eigenvalue weighted by atomic mass is 16.6. The van der Waals surface area contributed by atoms with Gasteiger partial charge in [0.25, 0.3) is 5.69 Å². The molecule has 152 valence electrons. The lowest BCUT2D eigenvalue weighted by atomic mass is 9.80. The lowest BCUT2D eigenvalue weighted by molar-refractivity contribution is -0.384. The summed E-state index contributed by atoms with van der Waals surface area (Å²) in [7, 11) is 1.36. The molecule has 0 bridgehead atoms. The average molecular weight is 389 g/mol. The van der Waals surface area contributed by atoms with Crippen LogP contribution in [-0.4, -0.2) is 42.5 Å². The zero-order valence-electron chi connectivity index (χ0n) is 16.2. The second kappa shape index (κ2) is 8.58. The molecule has 0 radical (unpaired) electrons. The van der Waals surface area contributed by atoms with Crippen LogP contribution in [0.15, 0.2) is 24.3 Å². The second-order valence-corrected chi connectivity index (χ2v) is 7.63. The number of piperidine rings is 1. The molecule has 1 aliphatic carbocycles. The number of nitrogens with one attached hydrogen (secondary N) is 1. The van der Waals surface area contributed by atoms with Crippen LogP contribution in [0.25, 0.3) is 0 Å². The Bertz CT molecular complexity index is 737. The predicted molar refractivity (Wildman–Crippen MR) is 104 cm³/mol. The number of carbonyl (C=O) groups is 2. The van der Waals surface area contributed by atoms with Crippen molar-refractivity contribution < 1.29 is 19.2 Å². The molecule has 0 atom stereocenters. The Kier molecular flexibility index (Phi) is 6.16. The Balaban J connectivity index is 1.64. The number of para-hydroxylation sites is 2. The van der Waals surface area contributed by atoms with Gasteiger partial charge in [0, 0.05) is 25.1 Å². The maximum Gasteiger partial charge on any atom is 0.331 e. The fourth-order valence-corrected chi connectivity index (χ4v) is 4.34. The number of anilines is 1. The van der Waals surface area contributed by atoms with E-state index in [9.17, 15) is 19.7 Å². The zero-order valence-corrected chi connectivity index (χ0v) is 16.2. The molecule has 0 aromatic heterocycles. The Morgan fingerprint density at radius 2 is 1.82 bits per heavy atom. The first-order chi connectivity index (χ1) is 13.5. The molecule has 1 aliphatic heterocycles. The molecular weight excluding hydrogens is 362 g/mol. The van der Waals surface area contributed by atoms with Crippen molar-refractivity contribution in [2.75, 3.05) is 25.1 Å². The van der Waals surface area contributed by atoms with Crippen LogP contribution in [0.2, 0.25) is 0 Å². The third-order valence-electron chi connectivity index (χ3n) is 5.93. The number of nitro groups is 1. The number of hydrogen-bond donors (Lipinski definition) is 1. The van der Waals surface area contributed by atoms with E-state index in [0.29, 0.717) is 44.5 Å². The monoisotopic (exact) mass is 389 g/mol. The largest absolute Gasteiger partial charge is 0.467 e. The molecule has 0 spiro atoms. The fraction of sp³-hybridized carbons (Fsp3) is 0.600. The third kappa shape index (κ3) is 4.10. The molecule has 2 aliphatic rings. The lowest BCUT2D eigenvalue weighted by Gasteiger charge is -2.38. The molecule has 3 rings (SSSR count). The summed E-state index contributed by atoms with van der Waals surface area (Å²) < 4.78 is 4.97. The van der Waals surface area contributed by atoms with Crippen molar-refractivity contribution in [2.45, 2.75) is 50.5 Å². The standard InChI is InChI=1S/C20H27N3O5/c1-28-19(25)20(11-5-2-6-12-20)21-18(24)15-9-13-22(14-10-15)16-7-3-4-8-17(16)23(26)27/h3-4,7-8,15H,2,5-6,9-14H2,1H3,(H,21,24). The number of ether oxygens (including phenoxy) is 1. The number of esters is 1. The van der Waals surface area contributed by atoms with Crippen molar-refractivity contribution in [3.8, 4) is 0 Å². The molecule has 1 aromatic rings. The van der Waals surface area contributed by atoms with E-state index in [1.807, 2.05) is 4.90 Å². The summed E-state index contributed by atoms with van der Waals surface area (Å²) >= 11 is 0. The summed E-state index contributed by atoms with van der Waals surface area (Å²) in [5.74, 6) is -0.685. The van der Waals surface area contributed by atoms with Gasteiger partial charge in [0.2, 0.25) is 5.91 Å². The first-order valence-corrected chi connectivity index (χ1v) is 9.86. The van der Waals surface area contributed by atoms with Gasteiger partial charge < -0.3 is 15.0 Å². The Hall–Kier alpha value is -2.64. The van der Waals surface area contributed by atoms with Gasteiger partial charge in [-0.3, -0.25) is 14.9 Å². The minimum Gasteiger partial charge on any atom is -0.467 e. The molecule has 1 N–H and O–H groups in total. The van der Waals surface area contributed by atoms with E-state index in [1.165, 1.54) is 13.2 Å². The van der Waals surface area contributed by atoms with Crippen molar-refractivity contribution in [2.24, 2.45) is 5.92 Å². The Labute approximate surface area is 164 Å². The molecule has 1 aromatic carbocycles. The quantitative estimate of drug-likeness (QED) is 0.472. The molecule has 1 saturated carbocycles. The minimum atomic E-state index is -0.903. The van der Waals surface area contributed by atoms with E-state index in [1.54, 1.807) is 18.2 Å². The van der Waals surface area contributed by atoms with Crippen LogP contribution >= 0.6 is 0 Å². The number of nitro benzene ring substituents is 1. The van der Waals surface area contributed by atoms with Gasteiger partial charge in [0.15, 0.2) is 0 Å². The predicted octanol–water partition coefficient (Wildman–Crippen LogP) is 2.80. The number of nitrogens with zero attached hydrogens (tertiary/aromatic N) is 2. The number of amides is 1. The minimum absolute atomic E-state index is 0.0808. The summed E-state index contributed by atoms with van der Waals surface area (Å²) in [6.07, 6.45) is 5.26. The van der Waals surface area contributed by atoms with Gasteiger partial charge in [0.1, 0.15) is 11.2 Å². The number of methoxy groups -OCH3 is 1. The number of hydrogen-bond acceptors (Lipinski definition) is 6. The van der Waals surface area contributed by atoms with E-state index in [4.69, 9.17) is 4.74 Å². The first-order valence-electron chi connectivity index (χ1n) is 9.86. The van der Waals surface area contributed by atoms with Gasteiger partial charge in [-0.1, -0.05) is 31.4 Å². The highest BCUT2D eigenvalue weighted by Crippen LogP contribution is 2.33. The van der Waals surface area contributed by atoms with E-state index in [2.05, 4.69) is 5.32 Å². The van der Waals surface area contributed by atoms with Gasteiger partial charge in [-0.2, -0.15) is 0 Å². The van der Waals surface area contributed by atoms with E-state index in [0.717, 1.165) is 19.3 Å². The number of carbonyl (C=O) groups excluding carboxylic acids is 2. The van der Waals surface area contributed by atoms with Crippen molar-refractivity contribution in [1.82, 2.24) is 5.32 Å². The lowest BCUT2D eigenvalue weighted by Crippen LogP contribution is -2.58.